The average molecular weight is 413 g/mol. The molecule has 2 aromatic carbocycles. The lowest BCUT2D eigenvalue weighted by molar-refractivity contribution is 0.0508. The van der Waals surface area contributed by atoms with Gasteiger partial charge >= 0.3 is 6.09 Å². The van der Waals surface area contributed by atoms with Crippen molar-refractivity contribution < 1.29 is 19.0 Å². The average Bonchev–Trinajstić information content (AvgIpc) is 2.64. The van der Waals surface area contributed by atoms with Crippen LogP contribution >= 0.6 is 0 Å². The highest BCUT2D eigenvalue weighted by Crippen LogP contribution is 2.27. The first kappa shape index (κ1) is 21.8. The number of rotatable bonds is 7. The molecule has 30 heavy (non-hydrogen) atoms. The molecule has 1 aliphatic rings. The fourth-order valence-corrected chi connectivity index (χ4v) is 3.24. The summed E-state index contributed by atoms with van der Waals surface area (Å²) in [6.45, 7) is 11.8. The highest BCUT2D eigenvalue weighted by Gasteiger charge is 2.28. The van der Waals surface area contributed by atoms with Gasteiger partial charge in [-0.05, 0) is 76.6 Å². The molecule has 0 bridgehead atoms. The zero-order valence-electron chi connectivity index (χ0n) is 18.5. The van der Waals surface area contributed by atoms with Gasteiger partial charge in [-0.15, -0.1) is 0 Å². The lowest BCUT2D eigenvalue weighted by Crippen LogP contribution is -2.54. The van der Waals surface area contributed by atoms with Gasteiger partial charge in [0, 0.05) is 5.69 Å². The number of hydrogen-bond donors (Lipinski definition) is 1. The Labute approximate surface area is 179 Å². The molecule has 1 atom stereocenters. The van der Waals surface area contributed by atoms with Gasteiger partial charge in [0.05, 0.1) is 25.7 Å². The summed E-state index contributed by atoms with van der Waals surface area (Å²) in [7, 11) is 0. The first-order chi connectivity index (χ1) is 14.2. The molecule has 1 fully saturated rings. The van der Waals surface area contributed by atoms with Crippen molar-refractivity contribution in [1.29, 1.82) is 0 Å². The maximum atomic E-state index is 11.9. The molecule has 162 valence electrons. The summed E-state index contributed by atoms with van der Waals surface area (Å²) in [5.74, 6) is 1.73. The Bertz CT molecular complexity index is 822. The zero-order chi connectivity index (χ0) is 21.7. The molecule has 6 nitrogen and oxygen atoms in total. The number of benzene rings is 2. The summed E-state index contributed by atoms with van der Waals surface area (Å²) in [4.78, 5) is 14.2. The Morgan fingerprint density at radius 2 is 1.67 bits per heavy atom. The van der Waals surface area contributed by atoms with Crippen LogP contribution in [0.2, 0.25) is 0 Å². The van der Waals surface area contributed by atoms with Crippen molar-refractivity contribution in [2.75, 3.05) is 24.6 Å². The maximum Gasteiger partial charge on any atom is 0.408 e. The molecular formula is C24H32N2O4. The SMILES string of the molecule is CCOc1ccc(N2CC(Oc3ccc([C@H](C)NC(=O)OC(C)(C)C)cc3)C2)cc1. The van der Waals surface area contributed by atoms with Crippen LogP contribution in [-0.4, -0.2) is 37.5 Å². The van der Waals surface area contributed by atoms with Gasteiger partial charge in [-0.25, -0.2) is 4.79 Å². The smallest absolute Gasteiger partial charge is 0.408 e. The Kier molecular flexibility index (Phi) is 6.75. The number of alkyl carbamates (subject to hydrolysis) is 1. The molecule has 0 saturated carbocycles. The van der Waals surface area contributed by atoms with E-state index < -0.39 is 11.7 Å². The number of anilines is 1. The molecule has 2 aromatic rings. The molecule has 0 spiro atoms. The number of nitrogens with zero attached hydrogens (tertiary/aromatic N) is 1. The molecule has 1 heterocycles. The number of carbonyl (C=O) groups excluding carboxylic acids is 1. The van der Waals surface area contributed by atoms with E-state index in [1.807, 2.05) is 71.0 Å². The third kappa shape index (κ3) is 6.05. The highest BCUT2D eigenvalue weighted by atomic mass is 16.6. The number of amides is 1. The van der Waals surface area contributed by atoms with Crippen LogP contribution in [0.3, 0.4) is 0 Å². The third-order valence-corrected chi connectivity index (χ3v) is 4.78. The molecule has 1 N–H and O–H groups in total. The van der Waals surface area contributed by atoms with Crippen molar-refractivity contribution in [1.82, 2.24) is 5.32 Å². The normalized spacial score (nSPS) is 15.2. The lowest BCUT2D eigenvalue weighted by Gasteiger charge is -2.40. The van der Waals surface area contributed by atoms with E-state index >= 15 is 0 Å². The van der Waals surface area contributed by atoms with E-state index in [0.29, 0.717) is 6.61 Å². The number of ether oxygens (including phenoxy) is 3. The van der Waals surface area contributed by atoms with Crippen LogP contribution in [-0.2, 0) is 4.74 Å². The topological polar surface area (TPSA) is 60.0 Å². The molecule has 1 saturated heterocycles. The minimum Gasteiger partial charge on any atom is -0.494 e. The fourth-order valence-electron chi connectivity index (χ4n) is 3.24. The van der Waals surface area contributed by atoms with Crippen molar-refractivity contribution in [3.63, 3.8) is 0 Å². The van der Waals surface area contributed by atoms with E-state index in [-0.39, 0.29) is 12.1 Å². The monoisotopic (exact) mass is 412 g/mol. The summed E-state index contributed by atoms with van der Waals surface area (Å²) in [6.07, 6.45) is -0.251. The standard InChI is InChI=1S/C24H32N2O4/c1-6-28-20-13-9-19(10-14-20)26-15-22(16-26)29-21-11-7-18(8-12-21)17(2)25-23(27)30-24(3,4)5/h7-14,17,22H,6,15-16H2,1-5H3,(H,25,27)/t17-/m0/s1. The van der Waals surface area contributed by atoms with Crippen molar-refractivity contribution in [3.05, 3.63) is 54.1 Å². The molecule has 0 unspecified atom stereocenters. The molecule has 1 amide bonds. The molecule has 6 heteroatoms. The molecular weight excluding hydrogens is 380 g/mol. The van der Waals surface area contributed by atoms with Crippen molar-refractivity contribution in [3.8, 4) is 11.5 Å². The van der Waals surface area contributed by atoms with Gasteiger partial charge in [0.25, 0.3) is 0 Å². The number of carbonyl (C=O) groups is 1. The van der Waals surface area contributed by atoms with Crippen LogP contribution in [0.4, 0.5) is 10.5 Å². The van der Waals surface area contributed by atoms with Gasteiger partial charge in [0.1, 0.15) is 23.2 Å². The number of nitrogens with one attached hydrogen (secondary N) is 1. The van der Waals surface area contributed by atoms with E-state index in [9.17, 15) is 4.79 Å². The highest BCUT2D eigenvalue weighted by molar-refractivity contribution is 5.68. The summed E-state index contributed by atoms with van der Waals surface area (Å²) in [5.41, 5.74) is 1.66. The first-order valence-electron chi connectivity index (χ1n) is 10.5. The van der Waals surface area contributed by atoms with Gasteiger partial charge in [0.2, 0.25) is 0 Å². The van der Waals surface area contributed by atoms with Crippen molar-refractivity contribution in [2.24, 2.45) is 0 Å². The second-order valence-electron chi connectivity index (χ2n) is 8.51. The Morgan fingerprint density at radius 3 is 2.23 bits per heavy atom. The fraction of sp³-hybridized carbons (Fsp3) is 0.458. The van der Waals surface area contributed by atoms with Gasteiger partial charge in [-0.2, -0.15) is 0 Å². The van der Waals surface area contributed by atoms with E-state index in [4.69, 9.17) is 14.2 Å². The van der Waals surface area contributed by atoms with Gasteiger partial charge in [0.15, 0.2) is 0 Å². The van der Waals surface area contributed by atoms with Crippen LogP contribution in [0.15, 0.2) is 48.5 Å². The number of hydrogen-bond acceptors (Lipinski definition) is 5. The second-order valence-corrected chi connectivity index (χ2v) is 8.51. The largest absolute Gasteiger partial charge is 0.494 e. The lowest BCUT2D eigenvalue weighted by atomic mass is 10.1. The molecule has 1 aliphatic heterocycles. The predicted molar refractivity (Wildman–Crippen MR) is 118 cm³/mol. The Hall–Kier alpha value is -2.89. The van der Waals surface area contributed by atoms with Crippen molar-refractivity contribution >= 4 is 11.8 Å². The maximum absolute atomic E-state index is 11.9. The Morgan fingerprint density at radius 1 is 1.07 bits per heavy atom. The Balaban J connectivity index is 1.45. The van der Waals surface area contributed by atoms with Crippen LogP contribution in [0, 0.1) is 0 Å². The summed E-state index contributed by atoms with van der Waals surface area (Å²) >= 11 is 0. The summed E-state index contributed by atoms with van der Waals surface area (Å²) in [5, 5.41) is 2.85. The van der Waals surface area contributed by atoms with E-state index in [1.165, 1.54) is 5.69 Å². The minimum atomic E-state index is -0.510. The van der Waals surface area contributed by atoms with Gasteiger partial charge < -0.3 is 24.4 Å². The zero-order valence-corrected chi connectivity index (χ0v) is 18.5. The van der Waals surface area contributed by atoms with Gasteiger partial charge in [-0.1, -0.05) is 12.1 Å². The quantitative estimate of drug-likeness (QED) is 0.698. The summed E-state index contributed by atoms with van der Waals surface area (Å²) in [6, 6.07) is 15.8. The molecule has 0 radical (unpaired) electrons. The first-order valence-corrected chi connectivity index (χ1v) is 10.5. The van der Waals surface area contributed by atoms with E-state index in [0.717, 1.165) is 30.2 Å². The van der Waals surface area contributed by atoms with E-state index in [2.05, 4.69) is 22.3 Å². The van der Waals surface area contributed by atoms with E-state index in [1.54, 1.807) is 0 Å². The van der Waals surface area contributed by atoms with Crippen LogP contribution in [0.5, 0.6) is 11.5 Å². The van der Waals surface area contributed by atoms with Crippen LogP contribution in [0.1, 0.15) is 46.2 Å². The molecule has 3 rings (SSSR count). The summed E-state index contributed by atoms with van der Waals surface area (Å²) < 4.78 is 16.9. The van der Waals surface area contributed by atoms with Crippen molar-refractivity contribution in [2.45, 2.75) is 52.4 Å². The molecule has 0 aromatic heterocycles. The third-order valence-electron chi connectivity index (χ3n) is 4.78. The molecule has 0 aliphatic carbocycles. The van der Waals surface area contributed by atoms with Gasteiger partial charge in [-0.3, -0.25) is 0 Å². The minimum absolute atomic E-state index is 0.146. The van der Waals surface area contributed by atoms with Crippen LogP contribution in [0.25, 0.3) is 0 Å². The van der Waals surface area contributed by atoms with Crippen LogP contribution < -0.4 is 19.7 Å². The second kappa shape index (κ2) is 9.28. The predicted octanol–water partition coefficient (Wildman–Crippen LogP) is 4.94.